The lowest BCUT2D eigenvalue weighted by Crippen LogP contribution is -1.98. The predicted molar refractivity (Wildman–Crippen MR) is 101 cm³/mol. The van der Waals surface area contributed by atoms with E-state index in [9.17, 15) is 0 Å². The molecule has 0 spiro atoms. The van der Waals surface area contributed by atoms with Gasteiger partial charge >= 0.3 is 0 Å². The van der Waals surface area contributed by atoms with Crippen LogP contribution in [0.5, 0.6) is 5.75 Å². The highest BCUT2D eigenvalue weighted by molar-refractivity contribution is 9.10. The van der Waals surface area contributed by atoms with Gasteiger partial charge in [0.25, 0.3) is 0 Å². The van der Waals surface area contributed by atoms with Gasteiger partial charge in [0.15, 0.2) is 0 Å². The van der Waals surface area contributed by atoms with E-state index in [0.717, 1.165) is 47.5 Å². The van der Waals surface area contributed by atoms with Gasteiger partial charge in [-0.2, -0.15) is 0 Å². The first kappa shape index (κ1) is 16.8. The first-order chi connectivity index (χ1) is 11.7. The molecule has 0 saturated heterocycles. The molecule has 4 heteroatoms. The van der Waals surface area contributed by atoms with Crippen molar-refractivity contribution < 1.29 is 4.74 Å². The number of halogens is 1. The van der Waals surface area contributed by atoms with Crippen LogP contribution in [0, 0.1) is 0 Å². The third-order valence-electron chi connectivity index (χ3n) is 3.83. The molecule has 0 bridgehead atoms. The van der Waals surface area contributed by atoms with Gasteiger partial charge in [-0.25, -0.2) is 4.98 Å². The van der Waals surface area contributed by atoms with Crippen molar-refractivity contribution >= 4 is 15.9 Å². The van der Waals surface area contributed by atoms with Crippen molar-refractivity contribution in [3.8, 4) is 17.0 Å². The Morgan fingerprint density at radius 3 is 2.50 bits per heavy atom. The Balaban J connectivity index is 1.63. The van der Waals surface area contributed by atoms with E-state index in [0.29, 0.717) is 0 Å². The molecule has 0 aliphatic rings. The normalized spacial score (nSPS) is 10.8. The van der Waals surface area contributed by atoms with Gasteiger partial charge in [0.2, 0.25) is 0 Å². The topological polar surface area (TPSA) is 27.1 Å². The quantitative estimate of drug-likeness (QED) is 0.500. The molecule has 0 atom stereocenters. The minimum atomic E-state index is 0.786. The number of unbranched alkanes of at least 4 members (excludes halogenated alkanes) is 1. The first-order valence-electron chi connectivity index (χ1n) is 8.24. The van der Waals surface area contributed by atoms with Gasteiger partial charge in [-0.05, 0) is 36.2 Å². The van der Waals surface area contributed by atoms with Gasteiger partial charge in [-0.15, -0.1) is 0 Å². The molecule has 3 aromatic rings. The fourth-order valence-electron chi connectivity index (χ4n) is 2.45. The smallest absolute Gasteiger partial charge is 0.119 e. The van der Waals surface area contributed by atoms with Gasteiger partial charge in [0.1, 0.15) is 5.75 Å². The van der Waals surface area contributed by atoms with Crippen molar-refractivity contribution in [1.29, 1.82) is 0 Å². The predicted octanol–water partition coefficient (Wildman–Crippen LogP) is 5.54. The second-order valence-corrected chi connectivity index (χ2v) is 6.70. The number of imidazole rings is 1. The van der Waals surface area contributed by atoms with Crippen LogP contribution < -0.4 is 4.74 Å². The van der Waals surface area contributed by atoms with Crippen LogP contribution in [0.25, 0.3) is 11.3 Å². The fourth-order valence-corrected chi connectivity index (χ4v) is 2.72. The molecule has 0 aliphatic carbocycles. The van der Waals surface area contributed by atoms with Crippen LogP contribution in [-0.4, -0.2) is 16.2 Å². The molecule has 0 fully saturated rings. The van der Waals surface area contributed by atoms with E-state index in [1.54, 1.807) is 0 Å². The van der Waals surface area contributed by atoms with E-state index in [1.165, 1.54) is 5.56 Å². The molecular weight excluding hydrogens is 364 g/mol. The molecule has 1 aromatic heterocycles. The zero-order chi connectivity index (χ0) is 16.8. The molecule has 0 N–H and O–H groups in total. The molecule has 24 heavy (non-hydrogen) atoms. The molecule has 0 unspecified atom stereocenters. The van der Waals surface area contributed by atoms with Crippen LogP contribution in [0.4, 0.5) is 0 Å². The highest BCUT2D eigenvalue weighted by atomic mass is 79.9. The average molecular weight is 385 g/mol. The summed E-state index contributed by atoms with van der Waals surface area (Å²) < 4.78 is 8.88. The van der Waals surface area contributed by atoms with Crippen molar-refractivity contribution in [3.05, 3.63) is 71.1 Å². The third-order valence-corrected chi connectivity index (χ3v) is 4.36. The summed E-state index contributed by atoms with van der Waals surface area (Å²) in [6.45, 7) is 3.76. The van der Waals surface area contributed by atoms with E-state index in [4.69, 9.17) is 4.74 Å². The molecule has 0 amide bonds. The largest absolute Gasteiger partial charge is 0.494 e. The summed E-state index contributed by atoms with van der Waals surface area (Å²) in [6, 6.07) is 16.5. The van der Waals surface area contributed by atoms with Crippen LogP contribution in [0.3, 0.4) is 0 Å². The Bertz CT molecular complexity index is 763. The number of rotatable bonds is 7. The third kappa shape index (κ3) is 4.48. The number of nitrogens with zero attached hydrogens (tertiary/aromatic N) is 2. The SMILES string of the molecule is CCCCOc1ccc(Cn2cnc(-c3ccc(Br)cc3)c2)cc1. The van der Waals surface area contributed by atoms with Crippen molar-refractivity contribution in [2.24, 2.45) is 0 Å². The Labute approximate surface area is 151 Å². The van der Waals surface area contributed by atoms with Crippen molar-refractivity contribution in [1.82, 2.24) is 9.55 Å². The Morgan fingerprint density at radius 1 is 1.04 bits per heavy atom. The number of aromatic nitrogens is 2. The average Bonchev–Trinajstić information content (AvgIpc) is 3.06. The van der Waals surface area contributed by atoms with Gasteiger partial charge < -0.3 is 9.30 Å². The summed E-state index contributed by atoms with van der Waals surface area (Å²) >= 11 is 3.46. The molecule has 0 radical (unpaired) electrons. The number of hydrogen-bond donors (Lipinski definition) is 0. The minimum Gasteiger partial charge on any atom is -0.494 e. The maximum absolute atomic E-state index is 5.70. The fraction of sp³-hybridized carbons (Fsp3) is 0.250. The minimum absolute atomic E-state index is 0.786. The standard InChI is InChI=1S/C20H21BrN2O/c1-2-3-12-24-19-10-4-16(5-11-19)13-23-14-20(22-15-23)17-6-8-18(21)9-7-17/h4-11,14-15H,2-3,12-13H2,1H3. The van der Waals surface area contributed by atoms with E-state index in [2.05, 4.69) is 62.9 Å². The Kier molecular flexibility index (Phi) is 5.70. The summed E-state index contributed by atoms with van der Waals surface area (Å²) in [6.07, 6.45) is 6.20. The van der Waals surface area contributed by atoms with Crippen LogP contribution >= 0.6 is 15.9 Å². The van der Waals surface area contributed by atoms with E-state index in [1.807, 2.05) is 30.6 Å². The lowest BCUT2D eigenvalue weighted by Gasteiger charge is -2.07. The van der Waals surface area contributed by atoms with Gasteiger partial charge in [-0.3, -0.25) is 0 Å². The molecular formula is C20H21BrN2O. The molecule has 124 valence electrons. The van der Waals surface area contributed by atoms with Gasteiger partial charge in [0, 0.05) is 22.8 Å². The molecule has 0 aliphatic heterocycles. The summed E-state index contributed by atoms with van der Waals surface area (Å²) in [5.74, 6) is 0.938. The van der Waals surface area contributed by atoms with Crippen molar-refractivity contribution in [2.45, 2.75) is 26.3 Å². The molecule has 3 nitrogen and oxygen atoms in total. The summed E-state index contributed by atoms with van der Waals surface area (Å²) in [5.41, 5.74) is 3.34. The first-order valence-corrected chi connectivity index (χ1v) is 9.03. The van der Waals surface area contributed by atoms with E-state index >= 15 is 0 Å². The van der Waals surface area contributed by atoms with Gasteiger partial charge in [-0.1, -0.05) is 53.5 Å². The van der Waals surface area contributed by atoms with Crippen molar-refractivity contribution in [3.63, 3.8) is 0 Å². The number of benzene rings is 2. The summed E-state index contributed by atoms with van der Waals surface area (Å²) in [5, 5.41) is 0. The zero-order valence-electron chi connectivity index (χ0n) is 13.8. The molecule has 0 saturated carbocycles. The maximum Gasteiger partial charge on any atom is 0.119 e. The number of ether oxygens (including phenoxy) is 1. The monoisotopic (exact) mass is 384 g/mol. The Morgan fingerprint density at radius 2 is 1.79 bits per heavy atom. The summed E-state index contributed by atoms with van der Waals surface area (Å²) in [4.78, 5) is 4.50. The highest BCUT2D eigenvalue weighted by Crippen LogP contribution is 2.20. The maximum atomic E-state index is 5.70. The van der Waals surface area contributed by atoms with Crippen LogP contribution in [0.2, 0.25) is 0 Å². The van der Waals surface area contributed by atoms with Crippen LogP contribution in [0.1, 0.15) is 25.3 Å². The highest BCUT2D eigenvalue weighted by Gasteiger charge is 2.03. The van der Waals surface area contributed by atoms with Crippen molar-refractivity contribution in [2.75, 3.05) is 6.61 Å². The van der Waals surface area contributed by atoms with Gasteiger partial charge in [0.05, 0.1) is 18.6 Å². The molecule has 3 rings (SSSR count). The lowest BCUT2D eigenvalue weighted by molar-refractivity contribution is 0.309. The molecule has 2 aromatic carbocycles. The summed E-state index contributed by atoms with van der Waals surface area (Å²) in [7, 11) is 0. The lowest BCUT2D eigenvalue weighted by atomic mass is 10.2. The van der Waals surface area contributed by atoms with Crippen LogP contribution in [0.15, 0.2) is 65.5 Å². The van der Waals surface area contributed by atoms with E-state index in [-0.39, 0.29) is 0 Å². The Hall–Kier alpha value is -2.07. The zero-order valence-corrected chi connectivity index (χ0v) is 15.4. The number of hydrogen-bond acceptors (Lipinski definition) is 2. The second-order valence-electron chi connectivity index (χ2n) is 5.78. The molecule has 1 heterocycles. The van der Waals surface area contributed by atoms with E-state index < -0.39 is 0 Å². The second kappa shape index (κ2) is 8.15. The van der Waals surface area contributed by atoms with Crippen LogP contribution in [-0.2, 0) is 6.54 Å².